The molecule has 0 aliphatic carbocycles. The maximum Gasteiger partial charge on any atom is 0.246 e. The highest BCUT2D eigenvalue weighted by atomic mass is 35.5. The highest BCUT2D eigenvalue weighted by Gasteiger charge is 2.26. The molecule has 0 bridgehead atoms. The number of aromatic nitrogens is 1. The summed E-state index contributed by atoms with van der Waals surface area (Å²) in [6, 6.07) is 19.3. The van der Waals surface area contributed by atoms with Crippen LogP contribution in [0.3, 0.4) is 0 Å². The van der Waals surface area contributed by atoms with Gasteiger partial charge in [0.1, 0.15) is 6.10 Å². The van der Waals surface area contributed by atoms with Gasteiger partial charge in [0.05, 0.1) is 12.1 Å². The van der Waals surface area contributed by atoms with E-state index in [4.69, 9.17) is 16.3 Å². The van der Waals surface area contributed by atoms with Gasteiger partial charge in [-0.05, 0) is 29.8 Å². The van der Waals surface area contributed by atoms with Gasteiger partial charge in [-0.25, -0.2) is 4.98 Å². The summed E-state index contributed by atoms with van der Waals surface area (Å²) in [5.41, 5.74) is 1.74. The van der Waals surface area contributed by atoms with Gasteiger partial charge in [-0.2, -0.15) is 0 Å². The summed E-state index contributed by atoms with van der Waals surface area (Å²) >= 11 is 6.12. The van der Waals surface area contributed by atoms with Crippen molar-refractivity contribution in [3.63, 3.8) is 0 Å². The summed E-state index contributed by atoms with van der Waals surface area (Å²) in [5.74, 6) is 0.562. The molecule has 3 aromatic rings. The molecule has 1 atom stereocenters. The predicted molar refractivity (Wildman–Crippen MR) is 108 cm³/mol. The number of para-hydroxylation sites is 1. The van der Waals surface area contributed by atoms with E-state index in [2.05, 4.69) is 4.98 Å². The molecule has 1 aromatic heterocycles. The topological polar surface area (TPSA) is 42.4 Å². The average Bonchev–Trinajstić information content (AvgIpc) is 3.15. The maximum absolute atomic E-state index is 12.4. The molecular formula is C22H19ClN2O2. The number of pyridine rings is 1. The van der Waals surface area contributed by atoms with Crippen LogP contribution in [0.5, 0.6) is 5.88 Å². The molecule has 4 rings (SSSR count). The Hall–Kier alpha value is -2.85. The summed E-state index contributed by atoms with van der Waals surface area (Å²) in [7, 11) is 0. The standard InChI is InChI=1S/C22H19ClN2O2/c23-19-7-3-1-5-16(19)10-12-22(26)25-14-13-18(15-25)27-21-11-9-17-6-2-4-8-20(17)24-21/h1-12,18H,13-15H2/b12-10+. The van der Waals surface area contributed by atoms with E-state index in [-0.39, 0.29) is 12.0 Å². The molecule has 0 spiro atoms. The first-order chi connectivity index (χ1) is 13.2. The number of amides is 1. The number of hydrogen-bond acceptors (Lipinski definition) is 3. The van der Waals surface area contributed by atoms with Crippen molar-refractivity contribution in [1.82, 2.24) is 9.88 Å². The molecule has 5 heteroatoms. The van der Waals surface area contributed by atoms with Crippen LogP contribution in [0.2, 0.25) is 5.02 Å². The van der Waals surface area contributed by atoms with Crippen molar-refractivity contribution in [2.24, 2.45) is 0 Å². The third-order valence-corrected chi connectivity index (χ3v) is 4.97. The van der Waals surface area contributed by atoms with Crippen LogP contribution >= 0.6 is 11.6 Å². The van der Waals surface area contributed by atoms with E-state index < -0.39 is 0 Å². The molecule has 1 unspecified atom stereocenters. The van der Waals surface area contributed by atoms with Crippen LogP contribution < -0.4 is 4.74 Å². The van der Waals surface area contributed by atoms with Gasteiger partial charge in [0.25, 0.3) is 0 Å². The first-order valence-corrected chi connectivity index (χ1v) is 9.31. The third kappa shape index (κ3) is 4.12. The van der Waals surface area contributed by atoms with E-state index in [1.807, 2.05) is 60.7 Å². The summed E-state index contributed by atoms with van der Waals surface area (Å²) in [4.78, 5) is 18.8. The zero-order chi connectivity index (χ0) is 18.6. The number of ether oxygens (including phenoxy) is 1. The minimum absolute atomic E-state index is 0.0347. The van der Waals surface area contributed by atoms with Crippen LogP contribution in [-0.2, 0) is 4.79 Å². The largest absolute Gasteiger partial charge is 0.472 e. The fraction of sp³-hybridized carbons (Fsp3) is 0.182. The van der Waals surface area contributed by atoms with Crippen LogP contribution in [0.4, 0.5) is 0 Å². The third-order valence-electron chi connectivity index (χ3n) is 4.63. The molecular weight excluding hydrogens is 360 g/mol. The zero-order valence-corrected chi connectivity index (χ0v) is 15.5. The van der Waals surface area contributed by atoms with E-state index in [9.17, 15) is 4.79 Å². The summed E-state index contributed by atoms with van der Waals surface area (Å²) < 4.78 is 6.00. The minimum atomic E-state index is -0.0451. The van der Waals surface area contributed by atoms with Gasteiger partial charge in [0, 0.05) is 35.5 Å². The van der Waals surface area contributed by atoms with Crippen molar-refractivity contribution in [2.75, 3.05) is 13.1 Å². The lowest BCUT2D eigenvalue weighted by Gasteiger charge is -2.15. The molecule has 0 N–H and O–H groups in total. The fourth-order valence-corrected chi connectivity index (χ4v) is 3.38. The Kier molecular flexibility index (Phi) is 5.07. The van der Waals surface area contributed by atoms with Gasteiger partial charge < -0.3 is 9.64 Å². The first-order valence-electron chi connectivity index (χ1n) is 8.93. The van der Waals surface area contributed by atoms with Gasteiger partial charge in [-0.15, -0.1) is 0 Å². The number of fused-ring (bicyclic) bond motifs is 1. The summed E-state index contributed by atoms with van der Waals surface area (Å²) in [6.07, 6.45) is 4.07. The number of carbonyl (C=O) groups is 1. The van der Waals surface area contributed by atoms with Gasteiger partial charge in [-0.3, -0.25) is 4.79 Å². The molecule has 1 amide bonds. The number of carbonyl (C=O) groups excluding carboxylic acids is 1. The highest BCUT2D eigenvalue weighted by molar-refractivity contribution is 6.32. The Balaban J connectivity index is 1.37. The predicted octanol–water partition coefficient (Wildman–Crippen LogP) is 4.58. The molecule has 1 saturated heterocycles. The Bertz CT molecular complexity index is 1000. The van der Waals surface area contributed by atoms with E-state index in [1.165, 1.54) is 0 Å². The molecule has 4 nitrogen and oxygen atoms in total. The number of halogens is 1. The molecule has 136 valence electrons. The van der Waals surface area contributed by atoms with Gasteiger partial charge in [-0.1, -0.05) is 48.0 Å². The first kappa shape index (κ1) is 17.6. The number of hydrogen-bond donors (Lipinski definition) is 0. The second kappa shape index (κ2) is 7.80. The molecule has 0 radical (unpaired) electrons. The van der Waals surface area contributed by atoms with Crippen molar-refractivity contribution in [3.8, 4) is 5.88 Å². The lowest BCUT2D eigenvalue weighted by Crippen LogP contribution is -2.29. The quantitative estimate of drug-likeness (QED) is 0.624. The molecule has 2 heterocycles. The Morgan fingerprint density at radius 2 is 1.93 bits per heavy atom. The average molecular weight is 379 g/mol. The summed E-state index contributed by atoms with van der Waals surface area (Å²) in [6.45, 7) is 1.23. The van der Waals surface area contributed by atoms with Crippen molar-refractivity contribution in [3.05, 3.63) is 77.3 Å². The zero-order valence-electron chi connectivity index (χ0n) is 14.7. The highest BCUT2D eigenvalue weighted by Crippen LogP contribution is 2.21. The fourth-order valence-electron chi connectivity index (χ4n) is 3.19. The maximum atomic E-state index is 12.4. The van der Waals surface area contributed by atoms with Gasteiger partial charge in [0.15, 0.2) is 0 Å². The van der Waals surface area contributed by atoms with Crippen molar-refractivity contribution in [2.45, 2.75) is 12.5 Å². The van der Waals surface area contributed by atoms with E-state index in [0.717, 1.165) is 22.9 Å². The van der Waals surface area contributed by atoms with E-state index in [1.54, 1.807) is 17.1 Å². The van der Waals surface area contributed by atoms with Crippen LogP contribution in [0.15, 0.2) is 66.7 Å². The van der Waals surface area contributed by atoms with E-state index in [0.29, 0.717) is 24.0 Å². The molecule has 1 aliphatic heterocycles. The second-order valence-corrected chi connectivity index (χ2v) is 6.92. The van der Waals surface area contributed by atoms with Crippen LogP contribution in [0, 0.1) is 0 Å². The molecule has 1 fully saturated rings. The lowest BCUT2D eigenvalue weighted by atomic mass is 10.2. The Morgan fingerprint density at radius 3 is 2.81 bits per heavy atom. The number of rotatable bonds is 4. The minimum Gasteiger partial charge on any atom is -0.472 e. The molecule has 2 aromatic carbocycles. The van der Waals surface area contributed by atoms with Crippen molar-refractivity contribution >= 4 is 34.5 Å². The molecule has 27 heavy (non-hydrogen) atoms. The number of benzene rings is 2. The number of nitrogens with zero attached hydrogens (tertiary/aromatic N) is 2. The lowest BCUT2D eigenvalue weighted by molar-refractivity contribution is -0.125. The molecule has 0 saturated carbocycles. The van der Waals surface area contributed by atoms with Crippen LogP contribution in [-0.4, -0.2) is 35.0 Å². The Morgan fingerprint density at radius 1 is 1.11 bits per heavy atom. The molecule has 1 aliphatic rings. The van der Waals surface area contributed by atoms with E-state index >= 15 is 0 Å². The normalized spacial score (nSPS) is 16.9. The van der Waals surface area contributed by atoms with Crippen LogP contribution in [0.1, 0.15) is 12.0 Å². The van der Waals surface area contributed by atoms with Crippen molar-refractivity contribution < 1.29 is 9.53 Å². The summed E-state index contributed by atoms with van der Waals surface area (Å²) in [5, 5.41) is 1.71. The number of likely N-dealkylation sites (tertiary alicyclic amines) is 1. The van der Waals surface area contributed by atoms with Gasteiger partial charge in [0.2, 0.25) is 11.8 Å². The monoisotopic (exact) mass is 378 g/mol. The van der Waals surface area contributed by atoms with Gasteiger partial charge >= 0.3 is 0 Å². The Labute approximate surface area is 163 Å². The SMILES string of the molecule is O=C(/C=C/c1ccccc1Cl)N1CCC(Oc2ccc3ccccc3n2)C1. The van der Waals surface area contributed by atoms with Crippen LogP contribution in [0.25, 0.3) is 17.0 Å². The smallest absolute Gasteiger partial charge is 0.246 e. The van der Waals surface area contributed by atoms with Crippen molar-refractivity contribution in [1.29, 1.82) is 0 Å². The second-order valence-electron chi connectivity index (χ2n) is 6.51.